The summed E-state index contributed by atoms with van der Waals surface area (Å²) < 4.78 is 1.31. The first-order valence-electron chi connectivity index (χ1n) is 6.34. The van der Waals surface area contributed by atoms with Gasteiger partial charge in [0.15, 0.2) is 0 Å². The summed E-state index contributed by atoms with van der Waals surface area (Å²) in [5.41, 5.74) is 1.73. The van der Waals surface area contributed by atoms with Crippen LogP contribution in [0, 0.1) is 3.57 Å². The summed E-state index contributed by atoms with van der Waals surface area (Å²) in [7, 11) is 0. The summed E-state index contributed by atoms with van der Waals surface area (Å²) in [6.45, 7) is 9.09. The van der Waals surface area contributed by atoms with Crippen LogP contribution in [0.15, 0.2) is 24.3 Å². The Balaban J connectivity index is 2.08. The highest BCUT2D eigenvalue weighted by molar-refractivity contribution is 14.1. The van der Waals surface area contributed by atoms with Crippen molar-refractivity contribution in [2.75, 3.05) is 19.6 Å². The van der Waals surface area contributed by atoms with E-state index in [2.05, 4.69) is 70.9 Å². The van der Waals surface area contributed by atoms with Gasteiger partial charge in [0.05, 0.1) is 0 Å². The van der Waals surface area contributed by atoms with E-state index in [9.17, 15) is 0 Å². The SMILES string of the molecule is CCC1(C)CNCCN1Cc1ccc(I)cc1. The Kier molecular flexibility index (Phi) is 4.44. The molecule has 1 heterocycles. The smallest absolute Gasteiger partial charge is 0.0307 e. The van der Waals surface area contributed by atoms with Crippen LogP contribution in [0.2, 0.25) is 0 Å². The average molecular weight is 344 g/mol. The van der Waals surface area contributed by atoms with Gasteiger partial charge < -0.3 is 5.32 Å². The van der Waals surface area contributed by atoms with E-state index in [0.717, 1.165) is 26.2 Å². The molecule has 1 aliphatic heterocycles. The lowest BCUT2D eigenvalue weighted by atomic mass is 9.93. The van der Waals surface area contributed by atoms with Gasteiger partial charge in [-0.1, -0.05) is 19.1 Å². The topological polar surface area (TPSA) is 15.3 Å². The lowest BCUT2D eigenvalue weighted by Gasteiger charge is -2.45. The minimum absolute atomic E-state index is 0.307. The van der Waals surface area contributed by atoms with Crippen molar-refractivity contribution in [1.29, 1.82) is 0 Å². The fraction of sp³-hybridized carbons (Fsp3) is 0.571. The molecule has 17 heavy (non-hydrogen) atoms. The number of piperazine rings is 1. The van der Waals surface area contributed by atoms with E-state index in [1.807, 2.05) is 0 Å². The molecule has 1 aromatic rings. The van der Waals surface area contributed by atoms with Crippen molar-refractivity contribution in [3.63, 3.8) is 0 Å². The Bertz CT molecular complexity index is 363. The van der Waals surface area contributed by atoms with E-state index in [-0.39, 0.29) is 0 Å². The maximum Gasteiger partial charge on any atom is 0.0307 e. The second-order valence-corrected chi connectivity index (χ2v) is 6.32. The molecule has 0 saturated carbocycles. The summed E-state index contributed by atoms with van der Waals surface area (Å²) in [6, 6.07) is 8.89. The molecule has 1 fully saturated rings. The van der Waals surface area contributed by atoms with Crippen molar-refractivity contribution in [2.45, 2.75) is 32.4 Å². The van der Waals surface area contributed by atoms with Crippen molar-refractivity contribution in [1.82, 2.24) is 10.2 Å². The monoisotopic (exact) mass is 344 g/mol. The summed E-state index contributed by atoms with van der Waals surface area (Å²) in [5.74, 6) is 0. The van der Waals surface area contributed by atoms with E-state index in [4.69, 9.17) is 0 Å². The van der Waals surface area contributed by atoms with Crippen LogP contribution in [-0.4, -0.2) is 30.1 Å². The van der Waals surface area contributed by atoms with Crippen molar-refractivity contribution in [2.24, 2.45) is 0 Å². The normalized spacial score (nSPS) is 26.1. The second kappa shape index (κ2) is 5.67. The van der Waals surface area contributed by atoms with Gasteiger partial charge in [-0.15, -0.1) is 0 Å². The molecule has 1 unspecified atom stereocenters. The van der Waals surface area contributed by atoms with Crippen molar-refractivity contribution in [3.8, 4) is 0 Å². The van der Waals surface area contributed by atoms with Crippen LogP contribution in [0.3, 0.4) is 0 Å². The summed E-state index contributed by atoms with van der Waals surface area (Å²) >= 11 is 2.36. The van der Waals surface area contributed by atoms with Gasteiger partial charge in [-0.25, -0.2) is 0 Å². The van der Waals surface area contributed by atoms with Crippen LogP contribution in [0.5, 0.6) is 0 Å². The highest BCUT2D eigenvalue weighted by Gasteiger charge is 2.32. The zero-order valence-corrected chi connectivity index (χ0v) is 12.8. The average Bonchev–Trinajstić information content (AvgIpc) is 2.35. The minimum atomic E-state index is 0.307. The number of benzene rings is 1. The van der Waals surface area contributed by atoms with Crippen LogP contribution in [-0.2, 0) is 6.54 Å². The lowest BCUT2D eigenvalue weighted by Crippen LogP contribution is -2.58. The van der Waals surface area contributed by atoms with Gasteiger partial charge in [-0.05, 0) is 53.6 Å². The van der Waals surface area contributed by atoms with Crippen molar-refractivity contribution < 1.29 is 0 Å². The molecule has 0 aliphatic carbocycles. The first-order chi connectivity index (χ1) is 8.14. The Morgan fingerprint density at radius 2 is 2.06 bits per heavy atom. The number of nitrogens with one attached hydrogen (secondary N) is 1. The maximum absolute atomic E-state index is 3.51. The van der Waals surface area contributed by atoms with Gasteiger partial charge in [-0.2, -0.15) is 0 Å². The molecule has 0 aromatic heterocycles. The van der Waals surface area contributed by atoms with Crippen LogP contribution in [0.4, 0.5) is 0 Å². The van der Waals surface area contributed by atoms with Gasteiger partial charge in [0.2, 0.25) is 0 Å². The first kappa shape index (κ1) is 13.3. The molecule has 2 nitrogen and oxygen atoms in total. The Morgan fingerprint density at radius 1 is 1.35 bits per heavy atom. The van der Waals surface area contributed by atoms with E-state index >= 15 is 0 Å². The molecule has 0 spiro atoms. The fourth-order valence-corrected chi connectivity index (χ4v) is 2.74. The predicted octanol–water partition coefficient (Wildman–Crippen LogP) is 2.87. The van der Waals surface area contributed by atoms with Gasteiger partial charge in [0.25, 0.3) is 0 Å². The summed E-state index contributed by atoms with van der Waals surface area (Å²) in [4.78, 5) is 2.62. The maximum atomic E-state index is 3.51. The predicted molar refractivity (Wildman–Crippen MR) is 81.1 cm³/mol. The molecule has 1 aromatic carbocycles. The molecule has 0 amide bonds. The zero-order chi connectivity index (χ0) is 12.3. The molecule has 1 saturated heterocycles. The van der Waals surface area contributed by atoms with E-state index < -0.39 is 0 Å². The van der Waals surface area contributed by atoms with E-state index in [1.54, 1.807) is 0 Å². The number of hydrogen-bond acceptors (Lipinski definition) is 2. The van der Waals surface area contributed by atoms with E-state index in [1.165, 1.54) is 15.6 Å². The fourth-order valence-electron chi connectivity index (χ4n) is 2.38. The molecule has 3 heteroatoms. The molecule has 0 radical (unpaired) electrons. The quantitative estimate of drug-likeness (QED) is 0.849. The Labute approximate surface area is 118 Å². The lowest BCUT2D eigenvalue weighted by molar-refractivity contribution is 0.0637. The van der Waals surface area contributed by atoms with Crippen LogP contribution in [0.1, 0.15) is 25.8 Å². The standard InChI is InChI=1S/C14H21IN2/c1-3-14(2)11-16-8-9-17(14)10-12-4-6-13(15)7-5-12/h4-7,16H,3,8-11H2,1-2H3. The van der Waals surface area contributed by atoms with Gasteiger partial charge in [0.1, 0.15) is 0 Å². The molecule has 2 rings (SSSR count). The largest absolute Gasteiger partial charge is 0.314 e. The molecule has 1 atom stereocenters. The van der Waals surface area contributed by atoms with Crippen LogP contribution >= 0.6 is 22.6 Å². The third kappa shape index (κ3) is 3.20. The van der Waals surface area contributed by atoms with Crippen molar-refractivity contribution in [3.05, 3.63) is 33.4 Å². The zero-order valence-electron chi connectivity index (χ0n) is 10.7. The number of hydrogen-bond donors (Lipinski definition) is 1. The van der Waals surface area contributed by atoms with Gasteiger partial charge >= 0.3 is 0 Å². The van der Waals surface area contributed by atoms with Crippen LogP contribution in [0.25, 0.3) is 0 Å². The molecule has 1 N–H and O–H groups in total. The van der Waals surface area contributed by atoms with Gasteiger partial charge in [-0.3, -0.25) is 4.90 Å². The Morgan fingerprint density at radius 3 is 2.71 bits per heavy atom. The van der Waals surface area contributed by atoms with Gasteiger partial charge in [0, 0.05) is 35.3 Å². The number of halogens is 1. The summed E-state index contributed by atoms with van der Waals surface area (Å²) in [5, 5.41) is 3.51. The molecular formula is C14H21IN2. The molecule has 94 valence electrons. The number of rotatable bonds is 3. The molecule has 1 aliphatic rings. The second-order valence-electron chi connectivity index (χ2n) is 5.08. The minimum Gasteiger partial charge on any atom is -0.314 e. The van der Waals surface area contributed by atoms with Crippen molar-refractivity contribution >= 4 is 22.6 Å². The highest BCUT2D eigenvalue weighted by Crippen LogP contribution is 2.23. The molecular weight excluding hydrogens is 323 g/mol. The molecule has 0 bridgehead atoms. The summed E-state index contributed by atoms with van der Waals surface area (Å²) in [6.07, 6.45) is 1.20. The highest BCUT2D eigenvalue weighted by atomic mass is 127. The number of nitrogens with zero attached hydrogens (tertiary/aromatic N) is 1. The van der Waals surface area contributed by atoms with E-state index in [0.29, 0.717) is 5.54 Å². The van der Waals surface area contributed by atoms with Crippen LogP contribution < -0.4 is 5.32 Å². The Hall–Kier alpha value is -0.130. The third-order valence-electron chi connectivity index (χ3n) is 3.88. The first-order valence-corrected chi connectivity index (χ1v) is 7.42. The third-order valence-corrected chi connectivity index (χ3v) is 4.60.